The minimum Gasteiger partial charge on any atom is -0.375 e. The van der Waals surface area contributed by atoms with Gasteiger partial charge in [0.1, 0.15) is 0 Å². The largest absolute Gasteiger partial charge is 0.375 e. The summed E-state index contributed by atoms with van der Waals surface area (Å²) >= 11 is 0. The highest BCUT2D eigenvalue weighted by atomic mass is 16.5. The molecule has 3 heteroatoms. The van der Waals surface area contributed by atoms with Crippen molar-refractivity contribution < 1.29 is 9.53 Å². The molecular weight excluding hydrogens is 226 g/mol. The molecule has 0 aliphatic carbocycles. The van der Waals surface area contributed by atoms with E-state index in [4.69, 9.17) is 4.74 Å². The van der Waals surface area contributed by atoms with Crippen LogP contribution in [0.25, 0.3) is 0 Å². The molecule has 0 spiro atoms. The molecule has 1 aliphatic rings. The van der Waals surface area contributed by atoms with Crippen LogP contribution in [0.4, 0.5) is 0 Å². The molecule has 1 aromatic carbocycles. The van der Waals surface area contributed by atoms with Gasteiger partial charge in [-0.1, -0.05) is 29.8 Å². The first kappa shape index (κ1) is 13.1. The highest BCUT2D eigenvalue weighted by Crippen LogP contribution is 2.14. The van der Waals surface area contributed by atoms with Crippen molar-refractivity contribution in [2.45, 2.75) is 39.3 Å². The predicted molar refractivity (Wildman–Crippen MR) is 71.5 cm³/mol. The molecule has 2 atom stereocenters. The van der Waals surface area contributed by atoms with E-state index in [2.05, 4.69) is 6.07 Å². The number of amides is 1. The predicted octanol–water partition coefficient (Wildman–Crippen LogP) is 2.17. The van der Waals surface area contributed by atoms with E-state index in [1.807, 2.05) is 43.9 Å². The van der Waals surface area contributed by atoms with Gasteiger partial charge in [-0.15, -0.1) is 0 Å². The van der Waals surface area contributed by atoms with Gasteiger partial charge in [0.2, 0.25) is 5.91 Å². The van der Waals surface area contributed by atoms with E-state index in [1.165, 1.54) is 5.56 Å². The number of ether oxygens (including phenoxy) is 1. The number of benzene rings is 1. The van der Waals surface area contributed by atoms with Crippen LogP contribution in [0.3, 0.4) is 0 Å². The molecule has 1 aliphatic heterocycles. The fraction of sp³-hybridized carbons (Fsp3) is 0.533. The summed E-state index contributed by atoms with van der Waals surface area (Å²) in [6, 6.07) is 8.32. The summed E-state index contributed by atoms with van der Waals surface area (Å²) in [5, 5.41) is 0. The van der Waals surface area contributed by atoms with Crippen LogP contribution in [-0.4, -0.2) is 36.1 Å². The molecule has 1 amide bonds. The SMILES string of the molecule is Cc1cccc(CC(=O)N2CC(C)OCC2C)c1. The molecule has 98 valence electrons. The lowest BCUT2D eigenvalue weighted by molar-refractivity contribution is -0.142. The van der Waals surface area contributed by atoms with Crippen LogP contribution in [0.2, 0.25) is 0 Å². The smallest absolute Gasteiger partial charge is 0.227 e. The number of carbonyl (C=O) groups is 1. The third-order valence-electron chi connectivity index (χ3n) is 3.37. The molecular formula is C15H21NO2. The summed E-state index contributed by atoms with van der Waals surface area (Å²) in [4.78, 5) is 14.2. The van der Waals surface area contributed by atoms with Crippen LogP contribution in [0.1, 0.15) is 25.0 Å². The summed E-state index contributed by atoms with van der Waals surface area (Å²) in [6.07, 6.45) is 0.626. The second-order valence-electron chi connectivity index (χ2n) is 5.20. The fourth-order valence-electron chi connectivity index (χ4n) is 2.35. The molecule has 0 N–H and O–H groups in total. The molecule has 0 bridgehead atoms. The van der Waals surface area contributed by atoms with Gasteiger partial charge in [0.05, 0.1) is 25.2 Å². The van der Waals surface area contributed by atoms with E-state index in [0.29, 0.717) is 19.6 Å². The summed E-state index contributed by atoms with van der Waals surface area (Å²) in [5.74, 6) is 0.197. The van der Waals surface area contributed by atoms with Crippen molar-refractivity contribution in [2.24, 2.45) is 0 Å². The van der Waals surface area contributed by atoms with Crippen LogP contribution in [0, 0.1) is 6.92 Å². The standard InChI is InChI=1S/C15H21NO2/c1-11-5-4-6-14(7-11)8-15(17)16-9-13(3)18-10-12(16)2/h4-7,12-13H,8-10H2,1-3H3. The lowest BCUT2D eigenvalue weighted by atomic mass is 10.1. The van der Waals surface area contributed by atoms with Crippen LogP contribution < -0.4 is 0 Å². The topological polar surface area (TPSA) is 29.5 Å². The van der Waals surface area contributed by atoms with Gasteiger partial charge in [0.25, 0.3) is 0 Å². The number of hydrogen-bond acceptors (Lipinski definition) is 2. The summed E-state index contributed by atoms with van der Waals surface area (Å²) in [6.45, 7) is 7.44. The molecule has 0 aromatic heterocycles. The molecule has 1 saturated heterocycles. The summed E-state index contributed by atoms with van der Waals surface area (Å²) < 4.78 is 5.55. The van der Waals surface area contributed by atoms with Crippen molar-refractivity contribution in [3.63, 3.8) is 0 Å². The number of morpholine rings is 1. The molecule has 2 unspecified atom stereocenters. The van der Waals surface area contributed by atoms with E-state index >= 15 is 0 Å². The minimum absolute atomic E-state index is 0.141. The normalized spacial score (nSPS) is 24.1. The zero-order valence-corrected chi connectivity index (χ0v) is 11.3. The third-order valence-corrected chi connectivity index (χ3v) is 3.37. The van der Waals surface area contributed by atoms with Gasteiger partial charge in [-0.25, -0.2) is 0 Å². The maximum absolute atomic E-state index is 12.3. The average molecular weight is 247 g/mol. The lowest BCUT2D eigenvalue weighted by Gasteiger charge is -2.37. The first-order chi connectivity index (χ1) is 8.56. The van der Waals surface area contributed by atoms with Gasteiger partial charge in [-0.05, 0) is 26.3 Å². The van der Waals surface area contributed by atoms with Crippen LogP contribution in [0.15, 0.2) is 24.3 Å². The molecule has 3 nitrogen and oxygen atoms in total. The van der Waals surface area contributed by atoms with E-state index in [-0.39, 0.29) is 18.1 Å². The van der Waals surface area contributed by atoms with Crippen molar-refractivity contribution in [1.82, 2.24) is 4.90 Å². The van der Waals surface area contributed by atoms with E-state index in [1.54, 1.807) is 0 Å². The molecule has 1 heterocycles. The van der Waals surface area contributed by atoms with Gasteiger partial charge in [-0.3, -0.25) is 4.79 Å². The van der Waals surface area contributed by atoms with Gasteiger partial charge < -0.3 is 9.64 Å². The van der Waals surface area contributed by atoms with Crippen LogP contribution in [0.5, 0.6) is 0 Å². The fourth-order valence-corrected chi connectivity index (χ4v) is 2.35. The number of nitrogens with zero attached hydrogens (tertiary/aromatic N) is 1. The summed E-state index contributed by atoms with van der Waals surface area (Å²) in [5.41, 5.74) is 2.29. The molecule has 1 aromatic rings. The second-order valence-corrected chi connectivity index (χ2v) is 5.20. The van der Waals surface area contributed by atoms with Gasteiger partial charge >= 0.3 is 0 Å². The number of aryl methyl sites for hydroxylation is 1. The second kappa shape index (κ2) is 5.53. The van der Waals surface area contributed by atoms with Crippen molar-refractivity contribution in [1.29, 1.82) is 0 Å². The monoisotopic (exact) mass is 247 g/mol. The Morgan fingerprint density at radius 1 is 1.44 bits per heavy atom. The Kier molecular flexibility index (Phi) is 4.02. The van der Waals surface area contributed by atoms with Gasteiger partial charge in [0, 0.05) is 6.54 Å². The molecule has 18 heavy (non-hydrogen) atoms. The average Bonchev–Trinajstić information content (AvgIpc) is 2.32. The van der Waals surface area contributed by atoms with Crippen molar-refractivity contribution >= 4 is 5.91 Å². The Balaban J connectivity index is 2.02. The minimum atomic E-state index is 0.141. The maximum Gasteiger partial charge on any atom is 0.227 e. The first-order valence-electron chi connectivity index (χ1n) is 6.53. The quantitative estimate of drug-likeness (QED) is 0.801. The number of carbonyl (C=O) groups excluding carboxylic acids is 1. The summed E-state index contributed by atoms with van der Waals surface area (Å²) in [7, 11) is 0. The van der Waals surface area contributed by atoms with E-state index < -0.39 is 0 Å². The lowest BCUT2D eigenvalue weighted by Crippen LogP contribution is -2.50. The maximum atomic E-state index is 12.3. The molecule has 1 fully saturated rings. The number of rotatable bonds is 2. The highest BCUT2D eigenvalue weighted by Gasteiger charge is 2.27. The van der Waals surface area contributed by atoms with E-state index in [0.717, 1.165) is 5.56 Å². The Labute approximate surface area is 109 Å². The Hall–Kier alpha value is -1.35. The van der Waals surface area contributed by atoms with Crippen molar-refractivity contribution in [3.05, 3.63) is 35.4 Å². The van der Waals surface area contributed by atoms with Crippen molar-refractivity contribution in [3.8, 4) is 0 Å². The molecule has 2 rings (SSSR count). The van der Waals surface area contributed by atoms with Crippen LogP contribution in [-0.2, 0) is 16.0 Å². The Morgan fingerprint density at radius 2 is 2.22 bits per heavy atom. The first-order valence-corrected chi connectivity index (χ1v) is 6.53. The Morgan fingerprint density at radius 3 is 2.94 bits per heavy atom. The molecule has 0 saturated carbocycles. The zero-order valence-electron chi connectivity index (χ0n) is 11.3. The van der Waals surface area contributed by atoms with Crippen LogP contribution >= 0.6 is 0 Å². The highest BCUT2D eigenvalue weighted by molar-refractivity contribution is 5.79. The van der Waals surface area contributed by atoms with Gasteiger partial charge in [0.15, 0.2) is 0 Å². The zero-order chi connectivity index (χ0) is 13.1. The van der Waals surface area contributed by atoms with Crippen molar-refractivity contribution in [2.75, 3.05) is 13.2 Å². The number of hydrogen-bond donors (Lipinski definition) is 0. The third kappa shape index (κ3) is 3.10. The van der Waals surface area contributed by atoms with E-state index in [9.17, 15) is 4.79 Å². The Bertz CT molecular complexity index is 430. The van der Waals surface area contributed by atoms with Gasteiger partial charge in [-0.2, -0.15) is 0 Å². The molecule has 0 radical (unpaired) electrons.